The van der Waals surface area contributed by atoms with Crippen molar-refractivity contribution in [3.8, 4) is 0 Å². The third kappa shape index (κ3) is 35.2. The number of benzene rings is 2. The van der Waals surface area contributed by atoms with Crippen LogP contribution in [0, 0.1) is 29.6 Å². The van der Waals surface area contributed by atoms with E-state index in [1.165, 1.54) is 38.3 Å². The molecule has 12 amide bonds. The van der Waals surface area contributed by atoms with Gasteiger partial charge in [-0.05, 0) is 79.5 Å². The number of imide groups is 1. The third-order valence-corrected chi connectivity index (χ3v) is 20.0. The van der Waals surface area contributed by atoms with Crippen LogP contribution in [0.1, 0.15) is 131 Å². The topological polar surface area (TPSA) is 421 Å². The minimum Gasteiger partial charge on any atom is -0.445 e. The van der Waals surface area contributed by atoms with Crippen LogP contribution < -0.4 is 37.6 Å². The zero-order valence-electron chi connectivity index (χ0n) is 69.9. The number of rotatable bonds is 59. The smallest absolute Gasteiger partial charge is 0.410 e. The lowest BCUT2D eigenvalue weighted by atomic mass is 9.89. The molecule has 12 atom stereocenters. The number of methoxy groups -OCH3 is 2. The number of amides is 12. The minimum absolute atomic E-state index is 0.0483. The standard InChI is InChI=1S/C81H131N11O23/c1-15-56(8)72(64(105-13)51-68(96)91-33-20-24-63(91)74(106-14)57(9)75(98)84-58(10)73(97)60-21-17-16-18-22-60)89(11)79(102)70(54(4)5)88-78(101)71(55(6)7)90(12)81(104)115-52-59-25-27-61(28-26-59)85-76(99)62(23-19-32-83-80(82)103)86-77(100)69(53(2)3)87-65(93)31-35-107-37-39-109-41-43-111-45-47-113-49-50-114-48-46-112-44-42-110-40-38-108-36-34-92-66(94)29-30-67(92)95/h16-18,21-22,25-30,53-58,62-64,69-74,97H,15,19-20,23-24,31-52H2,1-14H3,(H,84,98)(H,85,99)(H,86,100)(H,87,93)(H,88,101)(H3,82,83,103). The molecule has 2 aliphatic rings. The number of nitrogens with zero attached hydrogens (tertiary/aromatic N) is 4. The largest absolute Gasteiger partial charge is 0.445 e. The van der Waals surface area contributed by atoms with Crippen LogP contribution >= 0.6 is 0 Å². The zero-order chi connectivity index (χ0) is 84.9. The number of likely N-dealkylation sites (tertiary alicyclic amines) is 1. The predicted molar refractivity (Wildman–Crippen MR) is 426 cm³/mol. The van der Waals surface area contributed by atoms with Gasteiger partial charge in [-0.2, -0.15) is 0 Å². The molecule has 0 aliphatic carbocycles. The summed E-state index contributed by atoms with van der Waals surface area (Å²) >= 11 is 0. The number of urea groups is 1. The van der Waals surface area contributed by atoms with Gasteiger partial charge in [0.2, 0.25) is 41.4 Å². The summed E-state index contributed by atoms with van der Waals surface area (Å²) < 4.78 is 61.8. The number of carbonyl (C=O) groups excluding carboxylic acids is 11. The predicted octanol–water partition coefficient (Wildman–Crippen LogP) is 4.04. The van der Waals surface area contributed by atoms with Gasteiger partial charge >= 0.3 is 12.1 Å². The van der Waals surface area contributed by atoms with E-state index in [9.17, 15) is 57.8 Å². The van der Waals surface area contributed by atoms with Crippen LogP contribution in [-0.4, -0.2) is 298 Å². The average Bonchev–Trinajstić information content (AvgIpc) is 1.78. The van der Waals surface area contributed by atoms with Crippen LogP contribution in [-0.2, 0) is 102 Å². The molecule has 1 fully saturated rings. The van der Waals surface area contributed by atoms with E-state index in [4.69, 9.17) is 57.8 Å². The summed E-state index contributed by atoms with van der Waals surface area (Å²) in [7, 11) is 6.08. The van der Waals surface area contributed by atoms with Gasteiger partial charge in [-0.15, -0.1) is 0 Å². The molecule has 2 aromatic carbocycles. The van der Waals surface area contributed by atoms with Crippen molar-refractivity contribution >= 4 is 71.0 Å². The summed E-state index contributed by atoms with van der Waals surface area (Å²) in [6.45, 7) is 23.7. The van der Waals surface area contributed by atoms with Gasteiger partial charge in [-0.3, -0.25) is 53.0 Å². The molecule has 0 radical (unpaired) electrons. The number of nitrogens with one attached hydrogen (secondary N) is 6. The van der Waals surface area contributed by atoms with E-state index >= 15 is 0 Å². The molecular weight excluding hydrogens is 1490 g/mol. The SMILES string of the molecule is CCC(C)C(C(CC(=O)N1CCCC1C(OC)C(C)C(=O)NC(C)C(O)c1ccccc1)OC)N(C)C(=O)C(NC(=O)C(C(C)C)N(C)C(=O)OCc1ccc(NC(=O)C(CCCNC(N)=O)NC(=O)C(NC(=O)CCOCCOCCOCCOCCOCCOCCOCCOCCN2C(=O)C=CC2=O)C(C)C)cc1)C(C)C. The molecule has 2 aromatic rings. The third-order valence-electron chi connectivity index (χ3n) is 20.0. The first-order valence-corrected chi connectivity index (χ1v) is 40.0. The molecule has 9 N–H and O–H groups in total. The van der Waals surface area contributed by atoms with E-state index < -0.39 is 126 Å². The summed E-state index contributed by atoms with van der Waals surface area (Å²) in [5.74, 6) is -6.09. The summed E-state index contributed by atoms with van der Waals surface area (Å²) in [5.41, 5.74) is 6.79. The average molecular weight is 1630 g/mol. The number of ether oxygens (including phenoxy) is 11. The Morgan fingerprint density at radius 3 is 1.63 bits per heavy atom. The molecular formula is C81H131N11O23. The maximum Gasteiger partial charge on any atom is 0.410 e. The van der Waals surface area contributed by atoms with Gasteiger partial charge in [0.15, 0.2) is 0 Å². The Morgan fingerprint density at radius 1 is 0.600 bits per heavy atom. The highest BCUT2D eigenvalue weighted by Gasteiger charge is 2.44. The number of aliphatic hydroxyl groups is 1. The molecule has 12 unspecified atom stereocenters. The molecule has 0 spiro atoms. The van der Waals surface area contributed by atoms with Crippen molar-refractivity contribution in [1.29, 1.82) is 0 Å². The van der Waals surface area contributed by atoms with Gasteiger partial charge in [0, 0.05) is 65.7 Å². The molecule has 0 bridgehead atoms. The molecule has 648 valence electrons. The first kappa shape index (κ1) is 99.1. The van der Waals surface area contributed by atoms with Gasteiger partial charge < -0.3 is 105 Å². The summed E-state index contributed by atoms with van der Waals surface area (Å²) in [6.07, 6.45) is 1.28. The Morgan fingerprint density at radius 2 is 1.13 bits per heavy atom. The van der Waals surface area contributed by atoms with Crippen LogP contribution in [0.3, 0.4) is 0 Å². The fourth-order valence-electron chi connectivity index (χ4n) is 13.3. The second-order valence-electron chi connectivity index (χ2n) is 29.6. The van der Waals surface area contributed by atoms with E-state index in [1.807, 2.05) is 32.0 Å². The number of hydrogen-bond acceptors (Lipinski definition) is 23. The number of likely N-dealkylation sites (N-methyl/N-ethyl adjacent to an activating group) is 2. The van der Waals surface area contributed by atoms with Crippen LogP contribution in [0.15, 0.2) is 66.7 Å². The summed E-state index contributed by atoms with van der Waals surface area (Å²) in [4.78, 5) is 152. The van der Waals surface area contributed by atoms with Crippen LogP contribution in [0.4, 0.5) is 15.3 Å². The van der Waals surface area contributed by atoms with Crippen molar-refractivity contribution in [2.24, 2.45) is 35.3 Å². The molecule has 0 aromatic heterocycles. The van der Waals surface area contributed by atoms with Crippen LogP contribution in [0.25, 0.3) is 0 Å². The first-order valence-electron chi connectivity index (χ1n) is 40.0. The first-order chi connectivity index (χ1) is 55.0. The second-order valence-corrected chi connectivity index (χ2v) is 29.6. The number of primary amides is 1. The quantitative estimate of drug-likeness (QED) is 0.0342. The summed E-state index contributed by atoms with van der Waals surface area (Å²) in [6, 6.07) is 8.67. The second kappa shape index (κ2) is 54.6. The lowest BCUT2D eigenvalue weighted by Crippen LogP contribution is -2.60. The molecule has 115 heavy (non-hydrogen) atoms. The van der Waals surface area contributed by atoms with Crippen LogP contribution in [0.5, 0.6) is 0 Å². The molecule has 1 saturated heterocycles. The number of carbonyl (C=O) groups is 11. The van der Waals surface area contributed by atoms with Gasteiger partial charge in [-0.25, -0.2) is 9.59 Å². The molecule has 0 saturated carbocycles. The normalized spacial score (nSPS) is 16.4. The van der Waals surface area contributed by atoms with E-state index in [-0.39, 0.29) is 101 Å². The number of aliphatic hydroxyl groups excluding tert-OH is 1. The fraction of sp³-hybridized carbons (Fsp3) is 0.691. The molecule has 2 heterocycles. The van der Waals surface area contributed by atoms with Gasteiger partial charge in [0.05, 0.1) is 161 Å². The molecule has 4 rings (SSSR count). The van der Waals surface area contributed by atoms with Gasteiger partial charge in [-0.1, -0.05) is 111 Å². The lowest BCUT2D eigenvalue weighted by molar-refractivity contribution is -0.148. The van der Waals surface area contributed by atoms with E-state index in [0.29, 0.717) is 122 Å². The molecule has 34 heteroatoms. The van der Waals surface area contributed by atoms with Crippen LogP contribution in [0.2, 0.25) is 0 Å². The van der Waals surface area contributed by atoms with Crippen molar-refractivity contribution in [3.63, 3.8) is 0 Å². The minimum atomic E-state index is -1.13. The Bertz CT molecular complexity index is 3280. The van der Waals surface area contributed by atoms with Crippen molar-refractivity contribution in [2.45, 2.75) is 181 Å². The monoisotopic (exact) mass is 1630 g/mol. The fourth-order valence-corrected chi connectivity index (χ4v) is 13.3. The van der Waals surface area contributed by atoms with Crippen molar-refractivity contribution in [3.05, 3.63) is 77.9 Å². The number of nitrogens with two attached hydrogens (primary N) is 1. The Kier molecular flexibility index (Phi) is 47.0. The van der Waals surface area contributed by atoms with Crippen molar-refractivity contribution < 1.29 is 110 Å². The molecule has 34 nitrogen and oxygen atoms in total. The zero-order valence-corrected chi connectivity index (χ0v) is 69.9. The lowest BCUT2D eigenvalue weighted by Gasteiger charge is -2.41. The van der Waals surface area contributed by atoms with Crippen molar-refractivity contribution in [1.82, 2.24) is 46.2 Å². The van der Waals surface area contributed by atoms with Crippen molar-refractivity contribution in [2.75, 3.05) is 159 Å². The van der Waals surface area contributed by atoms with Gasteiger partial charge in [0.1, 0.15) is 30.8 Å². The highest BCUT2D eigenvalue weighted by atomic mass is 16.6. The molecule has 2 aliphatic heterocycles. The van der Waals surface area contributed by atoms with E-state index in [0.717, 1.165) is 4.90 Å². The Labute approximate surface area is 677 Å². The maximum absolute atomic E-state index is 14.9. The Hall–Kier alpha value is -8.29. The number of anilines is 1. The highest BCUT2D eigenvalue weighted by molar-refractivity contribution is 6.12. The number of hydrogen-bond donors (Lipinski definition) is 8. The maximum atomic E-state index is 14.9. The van der Waals surface area contributed by atoms with E-state index in [1.54, 1.807) is 109 Å². The summed E-state index contributed by atoms with van der Waals surface area (Å²) in [5, 5.41) is 27.7. The van der Waals surface area contributed by atoms with E-state index in [2.05, 4.69) is 31.9 Å². The Balaban J connectivity index is 1.19. The highest BCUT2D eigenvalue weighted by Crippen LogP contribution is 2.31. The van der Waals surface area contributed by atoms with Gasteiger partial charge in [0.25, 0.3) is 11.8 Å².